The van der Waals surface area contributed by atoms with Crippen LogP contribution < -0.4 is 5.73 Å². The first-order valence-corrected chi connectivity index (χ1v) is 6.22. The molecule has 1 heterocycles. The van der Waals surface area contributed by atoms with Crippen molar-refractivity contribution in [2.75, 3.05) is 0 Å². The smallest absolute Gasteiger partial charge is 0.326 e. The highest BCUT2D eigenvalue weighted by Gasteiger charge is 2.33. The van der Waals surface area contributed by atoms with E-state index in [9.17, 15) is 13.2 Å². The molecule has 2 unspecified atom stereocenters. The second kappa shape index (κ2) is 5.28. The van der Waals surface area contributed by atoms with Crippen LogP contribution in [0, 0.1) is 6.92 Å². The van der Waals surface area contributed by atoms with Crippen molar-refractivity contribution < 1.29 is 13.2 Å². The number of alkyl halides is 3. The standard InChI is InChI=1S/C14H16F3N3/c1-9-3-5-11(6-4-9)13(10(2)18)20-8-12(7-19-20)14(15,16)17/h3-8,10,13H,18H2,1-2H3. The fraction of sp³-hybridized carbons (Fsp3) is 0.357. The summed E-state index contributed by atoms with van der Waals surface area (Å²) in [6, 6.07) is 6.74. The van der Waals surface area contributed by atoms with Crippen LogP contribution in [0.2, 0.25) is 0 Å². The van der Waals surface area contributed by atoms with Gasteiger partial charge in [0.1, 0.15) is 0 Å². The summed E-state index contributed by atoms with van der Waals surface area (Å²) < 4.78 is 39.2. The number of aryl methyl sites for hydroxylation is 1. The molecule has 2 aromatic rings. The summed E-state index contributed by atoms with van der Waals surface area (Å²) in [5.41, 5.74) is 7.06. The lowest BCUT2D eigenvalue weighted by Crippen LogP contribution is -2.30. The van der Waals surface area contributed by atoms with Crippen molar-refractivity contribution in [1.82, 2.24) is 9.78 Å². The second-order valence-corrected chi connectivity index (χ2v) is 4.92. The molecule has 0 saturated carbocycles. The molecule has 0 aliphatic carbocycles. The number of nitrogens with zero attached hydrogens (tertiary/aromatic N) is 2. The van der Waals surface area contributed by atoms with Gasteiger partial charge in [0.15, 0.2) is 0 Å². The molecule has 0 aliphatic rings. The molecule has 1 aromatic carbocycles. The summed E-state index contributed by atoms with van der Waals surface area (Å²) in [5, 5.41) is 3.82. The van der Waals surface area contributed by atoms with Gasteiger partial charge in [-0.15, -0.1) is 0 Å². The van der Waals surface area contributed by atoms with E-state index in [1.165, 1.54) is 4.68 Å². The maximum atomic E-state index is 12.6. The Labute approximate surface area is 115 Å². The number of nitrogens with two attached hydrogens (primary N) is 1. The molecule has 2 atom stereocenters. The minimum atomic E-state index is -4.39. The molecule has 2 rings (SSSR count). The highest BCUT2D eigenvalue weighted by molar-refractivity contribution is 5.26. The van der Waals surface area contributed by atoms with E-state index in [-0.39, 0.29) is 6.04 Å². The minimum absolute atomic E-state index is 0.362. The fourth-order valence-electron chi connectivity index (χ4n) is 2.10. The molecule has 20 heavy (non-hydrogen) atoms. The SMILES string of the molecule is Cc1ccc(C(C(C)N)n2cc(C(F)(F)F)cn2)cc1. The molecule has 2 N–H and O–H groups in total. The molecule has 1 aromatic heterocycles. The van der Waals surface area contributed by atoms with Gasteiger partial charge in [0.2, 0.25) is 0 Å². The average molecular weight is 283 g/mol. The van der Waals surface area contributed by atoms with E-state index in [0.29, 0.717) is 0 Å². The second-order valence-electron chi connectivity index (χ2n) is 4.92. The topological polar surface area (TPSA) is 43.8 Å². The molecule has 0 radical (unpaired) electrons. The van der Waals surface area contributed by atoms with E-state index in [0.717, 1.165) is 23.5 Å². The highest BCUT2D eigenvalue weighted by atomic mass is 19.4. The van der Waals surface area contributed by atoms with Crippen LogP contribution in [0.1, 0.15) is 29.7 Å². The van der Waals surface area contributed by atoms with Gasteiger partial charge in [0.05, 0.1) is 17.8 Å². The van der Waals surface area contributed by atoms with Gasteiger partial charge in [-0.05, 0) is 19.4 Å². The van der Waals surface area contributed by atoms with Gasteiger partial charge in [-0.2, -0.15) is 18.3 Å². The van der Waals surface area contributed by atoms with E-state index in [1.807, 2.05) is 31.2 Å². The van der Waals surface area contributed by atoms with Crippen LogP contribution in [0.4, 0.5) is 13.2 Å². The van der Waals surface area contributed by atoms with Crippen molar-refractivity contribution in [3.8, 4) is 0 Å². The lowest BCUT2D eigenvalue weighted by molar-refractivity contribution is -0.137. The van der Waals surface area contributed by atoms with E-state index < -0.39 is 17.8 Å². The molecular weight excluding hydrogens is 267 g/mol. The summed E-state index contributed by atoms with van der Waals surface area (Å²) in [6.07, 6.45) is -2.58. The molecule has 0 amide bonds. The molecule has 3 nitrogen and oxygen atoms in total. The third-order valence-electron chi connectivity index (χ3n) is 3.13. The van der Waals surface area contributed by atoms with Crippen molar-refractivity contribution in [3.63, 3.8) is 0 Å². The molecular formula is C14H16F3N3. The number of hydrogen-bond acceptors (Lipinski definition) is 2. The van der Waals surface area contributed by atoms with Crippen LogP contribution in [0.25, 0.3) is 0 Å². The summed E-state index contributed by atoms with van der Waals surface area (Å²) in [5.74, 6) is 0. The highest BCUT2D eigenvalue weighted by Crippen LogP contribution is 2.30. The Morgan fingerprint density at radius 1 is 1.20 bits per heavy atom. The van der Waals surface area contributed by atoms with Crippen LogP contribution >= 0.6 is 0 Å². The van der Waals surface area contributed by atoms with Crippen molar-refractivity contribution in [2.24, 2.45) is 5.73 Å². The summed E-state index contributed by atoms with van der Waals surface area (Å²) in [6.45, 7) is 3.69. The van der Waals surface area contributed by atoms with E-state index in [1.54, 1.807) is 6.92 Å². The zero-order valence-corrected chi connectivity index (χ0v) is 11.2. The number of aromatic nitrogens is 2. The van der Waals surface area contributed by atoms with E-state index in [4.69, 9.17) is 5.73 Å². The summed E-state index contributed by atoms with van der Waals surface area (Å²) >= 11 is 0. The molecule has 0 saturated heterocycles. The van der Waals surface area contributed by atoms with Gasteiger partial charge in [-0.1, -0.05) is 29.8 Å². The average Bonchev–Trinajstić information content (AvgIpc) is 2.80. The predicted molar refractivity (Wildman–Crippen MR) is 70.2 cm³/mol. The van der Waals surface area contributed by atoms with Crippen LogP contribution in [0.15, 0.2) is 36.7 Å². The Morgan fingerprint density at radius 3 is 2.25 bits per heavy atom. The Morgan fingerprint density at radius 2 is 1.80 bits per heavy atom. The third kappa shape index (κ3) is 3.01. The lowest BCUT2D eigenvalue weighted by Gasteiger charge is -2.22. The molecule has 108 valence electrons. The predicted octanol–water partition coefficient (Wildman–Crippen LogP) is 3.15. The van der Waals surface area contributed by atoms with Crippen molar-refractivity contribution >= 4 is 0 Å². The first-order chi connectivity index (χ1) is 9.29. The van der Waals surface area contributed by atoms with Crippen molar-refractivity contribution in [2.45, 2.75) is 32.1 Å². The van der Waals surface area contributed by atoms with Gasteiger partial charge in [0.25, 0.3) is 0 Å². The quantitative estimate of drug-likeness (QED) is 0.940. The summed E-state index contributed by atoms with van der Waals surface area (Å²) in [4.78, 5) is 0. The fourth-order valence-corrected chi connectivity index (χ4v) is 2.10. The van der Waals surface area contributed by atoms with Crippen molar-refractivity contribution in [1.29, 1.82) is 0 Å². The lowest BCUT2D eigenvalue weighted by atomic mass is 10.00. The molecule has 0 fully saturated rings. The van der Waals surface area contributed by atoms with Crippen LogP contribution in [-0.2, 0) is 6.18 Å². The first-order valence-electron chi connectivity index (χ1n) is 6.22. The van der Waals surface area contributed by atoms with Gasteiger partial charge in [0, 0.05) is 12.2 Å². The maximum Gasteiger partial charge on any atom is 0.419 e. The van der Waals surface area contributed by atoms with Gasteiger partial charge in [-0.3, -0.25) is 4.68 Å². The monoisotopic (exact) mass is 283 g/mol. The Kier molecular flexibility index (Phi) is 3.85. The van der Waals surface area contributed by atoms with E-state index >= 15 is 0 Å². The van der Waals surface area contributed by atoms with Gasteiger partial charge in [-0.25, -0.2) is 0 Å². The molecule has 0 bridgehead atoms. The third-order valence-corrected chi connectivity index (χ3v) is 3.13. The van der Waals surface area contributed by atoms with Gasteiger partial charge < -0.3 is 5.73 Å². The number of halogens is 3. The van der Waals surface area contributed by atoms with Crippen LogP contribution in [0.5, 0.6) is 0 Å². The van der Waals surface area contributed by atoms with Gasteiger partial charge >= 0.3 is 6.18 Å². The zero-order chi connectivity index (χ0) is 14.9. The number of hydrogen-bond donors (Lipinski definition) is 1. The molecule has 6 heteroatoms. The number of benzene rings is 1. The normalized spacial score (nSPS) is 15.1. The Bertz CT molecular complexity index is 570. The van der Waals surface area contributed by atoms with Crippen LogP contribution in [-0.4, -0.2) is 15.8 Å². The summed E-state index contributed by atoms with van der Waals surface area (Å²) in [7, 11) is 0. The Balaban J connectivity index is 2.39. The zero-order valence-electron chi connectivity index (χ0n) is 11.2. The van der Waals surface area contributed by atoms with Crippen LogP contribution in [0.3, 0.4) is 0 Å². The first kappa shape index (κ1) is 14.6. The van der Waals surface area contributed by atoms with Crippen molar-refractivity contribution in [3.05, 3.63) is 53.3 Å². The number of rotatable bonds is 3. The molecule has 0 spiro atoms. The minimum Gasteiger partial charge on any atom is -0.326 e. The van der Waals surface area contributed by atoms with E-state index in [2.05, 4.69) is 5.10 Å². The molecule has 0 aliphatic heterocycles. The maximum absolute atomic E-state index is 12.6. The Hall–Kier alpha value is -1.82. The largest absolute Gasteiger partial charge is 0.419 e.